The molecule has 4 fully saturated rings. The summed E-state index contributed by atoms with van der Waals surface area (Å²) in [6.45, 7) is 2.83. The number of aliphatic hydroxyl groups excluding tert-OH is 6. The van der Waals surface area contributed by atoms with Crippen molar-refractivity contribution < 1.29 is 78.8 Å². The molecule has 0 radical (unpaired) electrons. The minimum absolute atomic E-state index is 0.00624. The van der Waals surface area contributed by atoms with E-state index in [1.54, 1.807) is 12.1 Å². The molecule has 1 aromatic heterocycles. The van der Waals surface area contributed by atoms with Gasteiger partial charge in [-0.05, 0) is 86.1 Å². The van der Waals surface area contributed by atoms with E-state index in [4.69, 9.17) is 20.9 Å². The molecule has 13 atom stereocenters. The Labute approximate surface area is 534 Å². The number of hydrogen-bond acceptors (Lipinski definition) is 22. The van der Waals surface area contributed by atoms with Gasteiger partial charge >= 0.3 is 0 Å². The molecule has 4 saturated heterocycles. The van der Waals surface area contributed by atoms with Crippen LogP contribution in [0.25, 0.3) is 21.1 Å². The number of ether oxygens (including phenoxy) is 2. The van der Waals surface area contributed by atoms with Crippen LogP contribution in [-0.2, 0) is 35.2 Å². The number of aromatic nitrogens is 2. The van der Waals surface area contributed by atoms with Gasteiger partial charge in [-0.2, -0.15) is 0 Å². The monoisotopic (exact) mass is 1290 g/mol. The van der Waals surface area contributed by atoms with E-state index in [1.807, 2.05) is 42.5 Å². The standard InChI is InChI=1S/C63H80N12O16S/c1-33-31-75-53(54(33)82)59(87)66-30-40(77)28-44(67-55(83)36-9-11-37(12-10-36)60-71-72-61(92-60)38-13-15-42(16-14-38)91-43-19-23-73(24-20-43)39-6-4-3-5-7-39)56(84)68-50(34(2)76)62(88)74-32-41(78)29-45(74)57(85)69-51(58(86)70-52(63(75)89)47(80)18-21-64)48(81)26-35-8-17-46(79)49(27-35)90-25-22-65/h3-17,27,33-34,40-41,43-45,47-48,50-54,76-82H,18-26,28-32,64-65H2,1-2H3,(H,66,87)(H,67,83)(H,68,84)(H,69,85)(H,70,86)/t33-,34+,40+,41+,44?,45-,47+,48+,50-,51-,52-,53-,54-/m0/s1. The number of nitrogens with two attached hydrogens (primary N) is 2. The lowest BCUT2D eigenvalue weighted by Gasteiger charge is -2.34. The molecule has 29 heteroatoms. The molecule has 28 nitrogen and oxygen atoms in total. The molecule has 0 aliphatic carbocycles. The van der Waals surface area contributed by atoms with Gasteiger partial charge in [0, 0.05) is 99.7 Å². The fourth-order valence-electron chi connectivity index (χ4n) is 11.8. The Morgan fingerprint density at radius 1 is 0.728 bits per heavy atom. The summed E-state index contributed by atoms with van der Waals surface area (Å²) >= 11 is 1.31. The van der Waals surface area contributed by atoms with Gasteiger partial charge in [0.15, 0.2) is 11.5 Å². The molecule has 1 unspecified atom stereocenters. The number of phenolic OH excluding ortho intramolecular Hbond substituents is 1. The number of benzene rings is 4. The summed E-state index contributed by atoms with van der Waals surface area (Å²) < 4.78 is 11.9. The number of anilines is 1. The van der Waals surface area contributed by atoms with Crippen LogP contribution in [0, 0.1) is 5.92 Å². The van der Waals surface area contributed by atoms with Crippen LogP contribution in [0.15, 0.2) is 97.1 Å². The number of β-amino-alcohol motifs (C(OH)–C–C–N with tert-alkyl or cyclic N) is 1. The number of carbonyl (C=O) groups is 7. The molecule has 0 spiro atoms. The van der Waals surface area contributed by atoms with E-state index in [9.17, 15) is 69.3 Å². The summed E-state index contributed by atoms with van der Waals surface area (Å²) in [4.78, 5) is 106. The second kappa shape index (κ2) is 30.8. The molecule has 9 rings (SSSR count). The van der Waals surface area contributed by atoms with Gasteiger partial charge < -0.3 is 98.0 Å². The van der Waals surface area contributed by atoms with Crippen molar-refractivity contribution in [1.29, 1.82) is 0 Å². The summed E-state index contributed by atoms with van der Waals surface area (Å²) in [7, 11) is 0. The molecule has 0 bridgehead atoms. The Morgan fingerprint density at radius 2 is 1.37 bits per heavy atom. The van der Waals surface area contributed by atoms with E-state index in [2.05, 4.69) is 53.8 Å². The first-order valence-corrected chi connectivity index (χ1v) is 31.5. The van der Waals surface area contributed by atoms with Crippen LogP contribution < -0.4 is 52.4 Å². The van der Waals surface area contributed by atoms with Crippen LogP contribution in [0.2, 0.25) is 0 Å². The predicted octanol–water partition coefficient (Wildman–Crippen LogP) is -1.74. The summed E-state index contributed by atoms with van der Waals surface area (Å²) in [5.74, 6) is -7.93. The van der Waals surface area contributed by atoms with Crippen molar-refractivity contribution in [2.75, 3.05) is 57.3 Å². The van der Waals surface area contributed by atoms with Crippen LogP contribution in [-0.4, -0.2) is 228 Å². The normalized spacial score (nSPS) is 25.9. The lowest BCUT2D eigenvalue weighted by Crippen LogP contribution is -2.64. The van der Waals surface area contributed by atoms with E-state index < -0.39 is 152 Å². The van der Waals surface area contributed by atoms with Gasteiger partial charge in [0.2, 0.25) is 35.4 Å². The number of hydrogen-bond donors (Lipinski definition) is 14. The van der Waals surface area contributed by atoms with Gasteiger partial charge in [0.25, 0.3) is 5.91 Å². The SMILES string of the molecule is C[C@@H](O)[C@@H]1NC(=O)C(NC(=O)c2ccc(-c3nnc(-c4ccc(OC5CCN(c6ccccc6)CC5)cc4)s3)cc2)C[C@@H](O)CNC(=O)[C@@H]2[C@@H](O)[C@@H](C)CN2C(=O)[C@H]([C@H](O)CCN)NC(=O)[C@H]([C@H](O)Cc2ccc(O)c(OCCN)c2)NC(=O)[C@@H]2C[C@@H](O)CN2C1=O. The fraction of sp³-hybridized carbons (Fsp3) is 0.476. The number of piperidine rings is 1. The first-order chi connectivity index (χ1) is 44.1. The van der Waals surface area contributed by atoms with Crippen molar-refractivity contribution in [3.63, 3.8) is 0 Å². The van der Waals surface area contributed by atoms with E-state index in [1.165, 1.54) is 54.3 Å². The van der Waals surface area contributed by atoms with E-state index in [0.29, 0.717) is 15.6 Å². The van der Waals surface area contributed by atoms with Crippen LogP contribution in [0.3, 0.4) is 0 Å². The smallest absolute Gasteiger partial charge is 0.251 e. The lowest BCUT2D eigenvalue weighted by atomic mass is 9.98. The highest BCUT2D eigenvalue weighted by Gasteiger charge is 2.50. The molecule has 494 valence electrons. The first-order valence-electron chi connectivity index (χ1n) is 30.7. The van der Waals surface area contributed by atoms with Crippen molar-refractivity contribution in [3.8, 4) is 38.4 Å². The molecule has 5 aromatic rings. The topological polar surface area (TPSA) is 427 Å². The maximum absolute atomic E-state index is 14.7. The Hall–Kier alpha value is -8.39. The van der Waals surface area contributed by atoms with Gasteiger partial charge in [0.1, 0.15) is 64.7 Å². The number of amides is 7. The average Bonchev–Trinajstić information content (AvgIpc) is 1.69. The Morgan fingerprint density at radius 3 is 2.02 bits per heavy atom. The number of para-hydroxylation sites is 1. The van der Waals surface area contributed by atoms with E-state index >= 15 is 0 Å². The van der Waals surface area contributed by atoms with Crippen molar-refractivity contribution in [3.05, 3.63) is 108 Å². The summed E-state index contributed by atoms with van der Waals surface area (Å²) in [5.41, 5.74) is 14.3. The zero-order chi connectivity index (χ0) is 65.9. The summed E-state index contributed by atoms with van der Waals surface area (Å²) in [5, 5.41) is 101. The third-order valence-corrected chi connectivity index (χ3v) is 17.9. The van der Waals surface area contributed by atoms with Gasteiger partial charge in [0.05, 0.1) is 36.6 Å². The zero-order valence-electron chi connectivity index (χ0n) is 50.8. The minimum Gasteiger partial charge on any atom is -0.504 e. The number of nitrogens with one attached hydrogen (secondary N) is 5. The predicted molar refractivity (Wildman–Crippen MR) is 334 cm³/mol. The Balaban J connectivity index is 0.948. The maximum Gasteiger partial charge on any atom is 0.251 e. The molecule has 4 aliphatic heterocycles. The van der Waals surface area contributed by atoms with Crippen molar-refractivity contribution >= 4 is 58.4 Å². The van der Waals surface area contributed by atoms with Gasteiger partial charge in [-0.3, -0.25) is 33.6 Å². The molecule has 7 amide bonds. The third kappa shape index (κ3) is 16.4. The van der Waals surface area contributed by atoms with Crippen molar-refractivity contribution in [1.82, 2.24) is 46.6 Å². The molecular weight excluding hydrogens is 1210 g/mol. The highest BCUT2D eigenvalue weighted by Crippen LogP contribution is 2.33. The number of aliphatic hydroxyl groups is 6. The minimum atomic E-state index is -2.04. The molecule has 16 N–H and O–H groups in total. The summed E-state index contributed by atoms with van der Waals surface area (Å²) in [6.07, 6.45) is -10.0. The second-order valence-electron chi connectivity index (χ2n) is 23.7. The number of fused-ring (bicyclic) bond motifs is 2. The summed E-state index contributed by atoms with van der Waals surface area (Å²) in [6, 6.07) is 17.1. The third-order valence-electron chi connectivity index (χ3n) is 16.8. The van der Waals surface area contributed by atoms with Crippen molar-refractivity contribution in [2.24, 2.45) is 17.4 Å². The highest BCUT2D eigenvalue weighted by atomic mass is 32.1. The van der Waals surface area contributed by atoms with Crippen LogP contribution >= 0.6 is 11.3 Å². The fourth-order valence-corrected chi connectivity index (χ4v) is 12.6. The van der Waals surface area contributed by atoms with E-state index in [0.717, 1.165) is 54.0 Å². The van der Waals surface area contributed by atoms with E-state index in [-0.39, 0.29) is 61.4 Å². The van der Waals surface area contributed by atoms with Crippen LogP contribution in [0.5, 0.6) is 17.2 Å². The number of phenols is 1. The molecule has 4 aromatic carbocycles. The zero-order valence-corrected chi connectivity index (χ0v) is 51.6. The highest BCUT2D eigenvalue weighted by molar-refractivity contribution is 7.17. The Bertz CT molecular complexity index is 3380. The lowest BCUT2D eigenvalue weighted by molar-refractivity contribution is -0.147. The van der Waals surface area contributed by atoms with Gasteiger partial charge in [-0.25, -0.2) is 0 Å². The molecular formula is C63H80N12O16S. The van der Waals surface area contributed by atoms with Crippen molar-refractivity contribution in [2.45, 2.75) is 131 Å². The van der Waals surface area contributed by atoms with Gasteiger partial charge in [-0.1, -0.05) is 54.7 Å². The molecule has 5 heterocycles. The van der Waals surface area contributed by atoms with Gasteiger partial charge in [-0.15, -0.1) is 10.2 Å². The second-order valence-corrected chi connectivity index (χ2v) is 24.6. The number of rotatable bonds is 17. The first kappa shape index (κ1) is 68.0. The quantitative estimate of drug-likeness (QED) is 0.0491. The maximum atomic E-state index is 14.7. The number of aromatic hydroxyl groups is 1. The molecule has 4 aliphatic rings. The number of nitrogens with zero attached hydrogens (tertiary/aromatic N) is 5. The molecule has 0 saturated carbocycles. The van der Waals surface area contributed by atoms with Crippen LogP contribution in [0.1, 0.15) is 61.9 Å². The average molecular weight is 1290 g/mol. The largest absolute Gasteiger partial charge is 0.504 e. The van der Waals surface area contributed by atoms with Crippen LogP contribution in [0.4, 0.5) is 5.69 Å². The molecule has 92 heavy (non-hydrogen) atoms. The Kier molecular flexibility index (Phi) is 22.8. The number of carbonyl (C=O) groups excluding carboxylic acids is 7.